The Labute approximate surface area is 113 Å². The second-order valence-electron chi connectivity index (χ2n) is 4.74. The number of pyridine rings is 1. The minimum Gasteiger partial charge on any atom is -0.380 e. The number of anilines is 1. The van der Waals surface area contributed by atoms with Gasteiger partial charge in [0.15, 0.2) is 0 Å². The van der Waals surface area contributed by atoms with E-state index in [0.717, 1.165) is 17.6 Å². The van der Waals surface area contributed by atoms with E-state index in [1.807, 2.05) is 18.5 Å². The number of rotatable bonds is 3. The van der Waals surface area contributed by atoms with Crippen LogP contribution in [0.15, 0.2) is 60.9 Å². The minimum atomic E-state index is 0.828. The average molecular weight is 248 g/mol. The van der Waals surface area contributed by atoms with E-state index >= 15 is 0 Å². The summed E-state index contributed by atoms with van der Waals surface area (Å²) in [4.78, 5) is 4.20. The molecule has 0 saturated heterocycles. The zero-order valence-electron chi connectivity index (χ0n) is 10.9. The number of aryl methyl sites for hydroxylation is 1. The molecule has 0 spiro atoms. The Kier molecular flexibility index (Phi) is 3.15. The summed E-state index contributed by atoms with van der Waals surface area (Å²) in [5.41, 5.74) is 3.70. The average Bonchev–Trinajstić information content (AvgIpc) is 2.47. The summed E-state index contributed by atoms with van der Waals surface area (Å²) in [5.74, 6) is 0. The van der Waals surface area contributed by atoms with Crippen LogP contribution in [0.4, 0.5) is 5.69 Å². The van der Waals surface area contributed by atoms with Crippen LogP contribution in [-0.4, -0.2) is 4.98 Å². The monoisotopic (exact) mass is 248 g/mol. The van der Waals surface area contributed by atoms with Crippen molar-refractivity contribution in [2.24, 2.45) is 0 Å². The van der Waals surface area contributed by atoms with E-state index in [1.54, 1.807) is 0 Å². The Bertz CT molecular complexity index is 682. The molecule has 0 aliphatic heterocycles. The largest absolute Gasteiger partial charge is 0.380 e. The van der Waals surface area contributed by atoms with Gasteiger partial charge in [-0.2, -0.15) is 0 Å². The van der Waals surface area contributed by atoms with Crippen LogP contribution >= 0.6 is 0 Å². The Balaban J connectivity index is 1.84. The lowest BCUT2D eigenvalue weighted by molar-refractivity contribution is 1.15. The molecule has 94 valence electrons. The summed E-state index contributed by atoms with van der Waals surface area (Å²) in [5, 5.41) is 5.86. The highest BCUT2D eigenvalue weighted by atomic mass is 14.9. The van der Waals surface area contributed by atoms with Crippen molar-refractivity contribution in [1.82, 2.24) is 4.98 Å². The lowest BCUT2D eigenvalue weighted by Crippen LogP contribution is -1.99. The van der Waals surface area contributed by atoms with Crippen LogP contribution in [0.2, 0.25) is 0 Å². The predicted molar refractivity (Wildman–Crippen MR) is 80.2 cm³/mol. The fraction of sp³-hybridized carbons (Fsp3) is 0.118. The molecule has 1 N–H and O–H groups in total. The van der Waals surface area contributed by atoms with Crippen molar-refractivity contribution in [3.63, 3.8) is 0 Å². The summed E-state index contributed by atoms with van der Waals surface area (Å²) in [6.07, 6.45) is 3.74. The second-order valence-corrected chi connectivity index (χ2v) is 4.74. The van der Waals surface area contributed by atoms with Gasteiger partial charge >= 0.3 is 0 Å². The predicted octanol–water partition coefficient (Wildman–Crippen LogP) is 4.16. The van der Waals surface area contributed by atoms with E-state index in [4.69, 9.17) is 0 Å². The first-order chi connectivity index (χ1) is 9.33. The van der Waals surface area contributed by atoms with Crippen molar-refractivity contribution < 1.29 is 0 Å². The molecule has 2 aromatic carbocycles. The lowest BCUT2D eigenvalue weighted by atomic mass is 10.1. The van der Waals surface area contributed by atoms with Crippen molar-refractivity contribution in [2.75, 3.05) is 5.32 Å². The zero-order valence-corrected chi connectivity index (χ0v) is 10.9. The fourth-order valence-corrected chi connectivity index (χ4v) is 2.17. The van der Waals surface area contributed by atoms with Gasteiger partial charge in [-0.05, 0) is 30.0 Å². The Hall–Kier alpha value is -2.35. The van der Waals surface area contributed by atoms with Gasteiger partial charge in [-0.15, -0.1) is 0 Å². The second kappa shape index (κ2) is 5.11. The maximum atomic E-state index is 4.20. The van der Waals surface area contributed by atoms with Gasteiger partial charge in [0.2, 0.25) is 0 Å². The van der Waals surface area contributed by atoms with Crippen molar-refractivity contribution in [1.29, 1.82) is 0 Å². The van der Waals surface area contributed by atoms with Gasteiger partial charge in [0.25, 0.3) is 0 Å². The van der Waals surface area contributed by atoms with Gasteiger partial charge in [-0.25, -0.2) is 0 Å². The molecule has 0 saturated carbocycles. The maximum Gasteiger partial charge on any atom is 0.0438 e. The molecule has 0 aliphatic rings. The summed E-state index contributed by atoms with van der Waals surface area (Å²) in [6, 6.07) is 16.9. The summed E-state index contributed by atoms with van der Waals surface area (Å²) >= 11 is 0. The van der Waals surface area contributed by atoms with Crippen LogP contribution < -0.4 is 5.32 Å². The third kappa shape index (κ3) is 2.58. The molecule has 3 rings (SSSR count). The highest BCUT2D eigenvalue weighted by molar-refractivity contribution is 5.93. The fourth-order valence-electron chi connectivity index (χ4n) is 2.17. The first kappa shape index (κ1) is 11.7. The molecule has 0 radical (unpaired) electrons. The van der Waals surface area contributed by atoms with Gasteiger partial charge in [-0.1, -0.05) is 42.0 Å². The van der Waals surface area contributed by atoms with Crippen LogP contribution in [0.5, 0.6) is 0 Å². The minimum absolute atomic E-state index is 0.828. The molecule has 0 unspecified atom stereocenters. The number of hydrogen-bond donors (Lipinski definition) is 1. The molecule has 0 fully saturated rings. The van der Waals surface area contributed by atoms with Crippen LogP contribution in [0.3, 0.4) is 0 Å². The third-order valence-electron chi connectivity index (χ3n) is 3.29. The first-order valence-corrected chi connectivity index (χ1v) is 6.45. The topological polar surface area (TPSA) is 24.9 Å². The number of hydrogen-bond acceptors (Lipinski definition) is 2. The summed E-state index contributed by atoms with van der Waals surface area (Å²) in [6.45, 7) is 2.93. The van der Waals surface area contributed by atoms with E-state index in [-0.39, 0.29) is 0 Å². The number of nitrogens with zero attached hydrogens (tertiary/aromatic N) is 1. The molecule has 19 heavy (non-hydrogen) atoms. The van der Waals surface area contributed by atoms with Crippen molar-refractivity contribution in [2.45, 2.75) is 13.5 Å². The normalized spacial score (nSPS) is 10.6. The lowest BCUT2D eigenvalue weighted by Gasteiger charge is -2.09. The SMILES string of the molecule is Cc1ccc(CNc2cccc3ccncc23)cc1. The van der Waals surface area contributed by atoms with Gasteiger partial charge < -0.3 is 5.32 Å². The Morgan fingerprint density at radius 3 is 2.68 bits per heavy atom. The van der Waals surface area contributed by atoms with Crippen molar-refractivity contribution >= 4 is 16.5 Å². The van der Waals surface area contributed by atoms with E-state index in [9.17, 15) is 0 Å². The van der Waals surface area contributed by atoms with E-state index in [0.29, 0.717) is 0 Å². The number of benzene rings is 2. The summed E-state index contributed by atoms with van der Waals surface area (Å²) in [7, 11) is 0. The number of nitrogens with one attached hydrogen (secondary N) is 1. The van der Waals surface area contributed by atoms with Gasteiger partial charge in [0.05, 0.1) is 0 Å². The van der Waals surface area contributed by atoms with Crippen LogP contribution in [0.25, 0.3) is 10.8 Å². The van der Waals surface area contributed by atoms with Crippen LogP contribution in [-0.2, 0) is 6.54 Å². The third-order valence-corrected chi connectivity index (χ3v) is 3.29. The quantitative estimate of drug-likeness (QED) is 0.753. The Morgan fingerprint density at radius 2 is 1.84 bits per heavy atom. The highest BCUT2D eigenvalue weighted by Crippen LogP contribution is 2.22. The number of aromatic nitrogens is 1. The molecular formula is C17H16N2. The van der Waals surface area contributed by atoms with Crippen LogP contribution in [0, 0.1) is 6.92 Å². The molecule has 1 heterocycles. The van der Waals surface area contributed by atoms with Crippen LogP contribution in [0.1, 0.15) is 11.1 Å². The smallest absolute Gasteiger partial charge is 0.0438 e. The molecule has 0 aliphatic carbocycles. The molecule has 1 aromatic heterocycles. The van der Waals surface area contributed by atoms with E-state index < -0.39 is 0 Å². The standard InChI is InChI=1S/C17H16N2/c1-13-5-7-14(8-6-13)11-19-17-4-2-3-15-9-10-18-12-16(15)17/h2-10,12,19H,11H2,1H3. The molecule has 2 nitrogen and oxygen atoms in total. The van der Waals surface area contributed by atoms with E-state index in [2.05, 4.69) is 59.7 Å². The molecular weight excluding hydrogens is 232 g/mol. The first-order valence-electron chi connectivity index (χ1n) is 6.45. The van der Waals surface area contributed by atoms with E-state index in [1.165, 1.54) is 16.5 Å². The zero-order chi connectivity index (χ0) is 13.1. The molecule has 0 amide bonds. The van der Waals surface area contributed by atoms with Crippen molar-refractivity contribution in [3.05, 3.63) is 72.1 Å². The molecule has 0 bridgehead atoms. The maximum absolute atomic E-state index is 4.20. The molecule has 2 heteroatoms. The molecule has 3 aromatic rings. The van der Waals surface area contributed by atoms with Gasteiger partial charge in [0, 0.05) is 30.0 Å². The molecule has 0 atom stereocenters. The van der Waals surface area contributed by atoms with Gasteiger partial charge in [-0.3, -0.25) is 4.98 Å². The van der Waals surface area contributed by atoms with Gasteiger partial charge in [0.1, 0.15) is 0 Å². The van der Waals surface area contributed by atoms with Crippen molar-refractivity contribution in [3.8, 4) is 0 Å². The summed E-state index contributed by atoms with van der Waals surface area (Å²) < 4.78 is 0. The number of fused-ring (bicyclic) bond motifs is 1. The Morgan fingerprint density at radius 1 is 1.00 bits per heavy atom. The highest BCUT2D eigenvalue weighted by Gasteiger charge is 2.00.